The Balaban J connectivity index is 1.38. The zero-order valence-electron chi connectivity index (χ0n) is 15.7. The summed E-state index contributed by atoms with van der Waals surface area (Å²) in [6.45, 7) is 1.76. The van der Waals surface area contributed by atoms with Gasteiger partial charge in [0.25, 0.3) is 0 Å². The fourth-order valence-corrected chi connectivity index (χ4v) is 4.45. The number of H-pyrrole nitrogens is 1. The number of fused-ring (bicyclic) bond motifs is 4. The molecule has 0 fully saturated rings. The Hall–Kier alpha value is -2.69. The van der Waals surface area contributed by atoms with E-state index in [0.29, 0.717) is 12.1 Å². The maximum Gasteiger partial charge on any atom is 0.160 e. The molecular weight excluding hydrogens is 356 g/mol. The highest BCUT2D eigenvalue weighted by atomic mass is 19.2. The van der Waals surface area contributed by atoms with Crippen LogP contribution in [-0.4, -0.2) is 23.8 Å². The number of rotatable bonds is 3. The third-order valence-corrected chi connectivity index (χ3v) is 5.89. The summed E-state index contributed by atoms with van der Waals surface area (Å²) in [6.07, 6.45) is 5.99. The van der Waals surface area contributed by atoms with Crippen molar-refractivity contribution in [3.63, 3.8) is 0 Å². The summed E-state index contributed by atoms with van der Waals surface area (Å²) < 4.78 is 27.3. The second-order valence-electron chi connectivity index (χ2n) is 7.74. The topological polar surface area (TPSA) is 40.2 Å². The molecule has 2 heterocycles. The average Bonchev–Trinajstić information content (AvgIpc) is 3.06. The van der Waals surface area contributed by atoms with Crippen LogP contribution in [0, 0.1) is 11.6 Å². The predicted molar refractivity (Wildman–Crippen MR) is 110 cm³/mol. The van der Waals surface area contributed by atoms with Crippen LogP contribution in [0.15, 0.2) is 35.3 Å². The largest absolute Gasteiger partial charge is 0.385 e. The molecule has 3 nitrogen and oxygen atoms in total. The molecule has 0 saturated carbocycles. The molecule has 2 aromatic carbocycles. The number of nitrogens with one attached hydrogen (secondary N) is 2. The molecule has 0 unspecified atom stereocenters. The fraction of sp³-hybridized carbons (Fsp3) is 0.348. The maximum absolute atomic E-state index is 13.7. The molecule has 0 spiro atoms. The van der Waals surface area contributed by atoms with E-state index in [4.69, 9.17) is 4.99 Å². The summed E-state index contributed by atoms with van der Waals surface area (Å²) in [7, 11) is 0. The summed E-state index contributed by atoms with van der Waals surface area (Å²) in [5.41, 5.74) is 7.64. The number of anilines is 1. The van der Waals surface area contributed by atoms with Gasteiger partial charge in [-0.25, -0.2) is 8.78 Å². The predicted octanol–water partition coefficient (Wildman–Crippen LogP) is 5.17. The number of aromatic nitrogens is 1. The highest BCUT2D eigenvalue weighted by molar-refractivity contribution is 6.06. The van der Waals surface area contributed by atoms with E-state index in [2.05, 4.69) is 28.5 Å². The minimum atomic E-state index is -0.814. The Kier molecular flexibility index (Phi) is 4.38. The van der Waals surface area contributed by atoms with E-state index in [-0.39, 0.29) is 0 Å². The number of aryl methyl sites for hydroxylation is 2. The smallest absolute Gasteiger partial charge is 0.160 e. The molecule has 0 bridgehead atoms. The number of hydrogen-bond donors (Lipinski definition) is 2. The molecule has 5 heteroatoms. The van der Waals surface area contributed by atoms with Crippen molar-refractivity contribution < 1.29 is 8.78 Å². The van der Waals surface area contributed by atoms with Gasteiger partial charge in [0.05, 0.1) is 11.4 Å². The van der Waals surface area contributed by atoms with Gasteiger partial charge in [-0.15, -0.1) is 0 Å². The van der Waals surface area contributed by atoms with Crippen LogP contribution in [0.5, 0.6) is 0 Å². The second kappa shape index (κ2) is 7.04. The SMILES string of the molecule is Fc1cc2[nH]c3c(c2cc1F)CCCC3=NCCc1ccc2c(c1)NCCC2. The molecule has 2 N–H and O–H groups in total. The summed E-state index contributed by atoms with van der Waals surface area (Å²) in [6, 6.07) is 9.23. The quantitative estimate of drug-likeness (QED) is 0.647. The Morgan fingerprint density at radius 3 is 2.79 bits per heavy atom. The molecule has 0 amide bonds. The highest BCUT2D eigenvalue weighted by Crippen LogP contribution is 2.31. The van der Waals surface area contributed by atoms with Crippen LogP contribution in [0.4, 0.5) is 14.5 Å². The normalized spacial score (nSPS) is 17.4. The fourth-order valence-electron chi connectivity index (χ4n) is 4.45. The zero-order chi connectivity index (χ0) is 19.1. The summed E-state index contributed by atoms with van der Waals surface area (Å²) in [4.78, 5) is 8.13. The van der Waals surface area contributed by atoms with Crippen molar-refractivity contribution in [1.29, 1.82) is 0 Å². The van der Waals surface area contributed by atoms with E-state index in [1.165, 1.54) is 35.4 Å². The molecule has 28 heavy (non-hydrogen) atoms. The molecule has 0 atom stereocenters. The van der Waals surface area contributed by atoms with Crippen LogP contribution >= 0.6 is 0 Å². The van der Waals surface area contributed by atoms with Crippen LogP contribution in [0.1, 0.15) is 41.6 Å². The van der Waals surface area contributed by atoms with E-state index >= 15 is 0 Å². The Bertz CT molecular complexity index is 1080. The lowest BCUT2D eigenvalue weighted by Gasteiger charge is -2.18. The number of hydrogen-bond acceptors (Lipinski definition) is 2. The minimum absolute atomic E-state index is 0.652. The van der Waals surface area contributed by atoms with Crippen molar-refractivity contribution >= 4 is 22.3 Å². The van der Waals surface area contributed by atoms with Gasteiger partial charge in [-0.3, -0.25) is 4.99 Å². The van der Waals surface area contributed by atoms with Crippen LogP contribution in [0.2, 0.25) is 0 Å². The molecule has 5 rings (SSSR count). The molecule has 1 aliphatic heterocycles. The van der Waals surface area contributed by atoms with Gasteiger partial charge in [0.1, 0.15) is 0 Å². The Morgan fingerprint density at radius 2 is 1.86 bits per heavy atom. The first-order valence-corrected chi connectivity index (χ1v) is 10.1. The van der Waals surface area contributed by atoms with Gasteiger partial charge < -0.3 is 10.3 Å². The summed E-state index contributed by atoms with van der Waals surface area (Å²) in [5, 5.41) is 4.26. The molecule has 1 aliphatic carbocycles. The van der Waals surface area contributed by atoms with E-state index in [1.807, 2.05) is 0 Å². The van der Waals surface area contributed by atoms with Crippen LogP contribution < -0.4 is 5.32 Å². The van der Waals surface area contributed by atoms with Gasteiger partial charge in [0.15, 0.2) is 11.6 Å². The van der Waals surface area contributed by atoms with Gasteiger partial charge in [-0.1, -0.05) is 12.1 Å². The van der Waals surface area contributed by atoms with E-state index in [9.17, 15) is 8.78 Å². The van der Waals surface area contributed by atoms with Crippen molar-refractivity contribution in [2.75, 3.05) is 18.4 Å². The first-order chi connectivity index (χ1) is 13.7. The molecular formula is C23H23F2N3. The summed E-state index contributed by atoms with van der Waals surface area (Å²) >= 11 is 0. The van der Waals surface area contributed by atoms with Crippen LogP contribution in [0.25, 0.3) is 10.9 Å². The third kappa shape index (κ3) is 3.09. The molecule has 3 aromatic rings. The number of halogens is 2. The van der Waals surface area contributed by atoms with Gasteiger partial charge >= 0.3 is 0 Å². The van der Waals surface area contributed by atoms with Crippen molar-refractivity contribution in [3.05, 3.63) is 64.4 Å². The number of aliphatic imine (C=N–C) groups is 1. The monoisotopic (exact) mass is 379 g/mol. The van der Waals surface area contributed by atoms with Crippen molar-refractivity contribution in [2.24, 2.45) is 4.99 Å². The lowest BCUT2D eigenvalue weighted by Crippen LogP contribution is -2.13. The third-order valence-electron chi connectivity index (χ3n) is 5.89. The first kappa shape index (κ1) is 17.4. The van der Waals surface area contributed by atoms with Gasteiger partial charge in [0, 0.05) is 35.7 Å². The van der Waals surface area contributed by atoms with Crippen molar-refractivity contribution in [1.82, 2.24) is 4.98 Å². The minimum Gasteiger partial charge on any atom is -0.385 e. The average molecular weight is 379 g/mol. The second-order valence-corrected chi connectivity index (χ2v) is 7.74. The maximum atomic E-state index is 13.7. The molecule has 0 radical (unpaired) electrons. The van der Waals surface area contributed by atoms with Crippen LogP contribution in [-0.2, 0) is 19.3 Å². The van der Waals surface area contributed by atoms with E-state index < -0.39 is 11.6 Å². The Labute approximate surface area is 162 Å². The lowest BCUT2D eigenvalue weighted by atomic mass is 9.94. The van der Waals surface area contributed by atoms with Gasteiger partial charge in [0.2, 0.25) is 0 Å². The number of nitrogens with zero attached hydrogens (tertiary/aromatic N) is 1. The number of aromatic amines is 1. The Morgan fingerprint density at radius 1 is 0.964 bits per heavy atom. The molecule has 2 aliphatic rings. The van der Waals surface area contributed by atoms with Gasteiger partial charge in [-0.05, 0) is 67.3 Å². The van der Waals surface area contributed by atoms with Crippen molar-refractivity contribution in [2.45, 2.75) is 38.5 Å². The molecule has 0 saturated heterocycles. The lowest BCUT2D eigenvalue weighted by molar-refractivity contribution is 0.511. The van der Waals surface area contributed by atoms with Crippen LogP contribution in [0.3, 0.4) is 0 Å². The highest BCUT2D eigenvalue weighted by Gasteiger charge is 2.21. The van der Waals surface area contributed by atoms with E-state index in [1.54, 1.807) is 0 Å². The van der Waals surface area contributed by atoms with E-state index in [0.717, 1.165) is 61.0 Å². The van der Waals surface area contributed by atoms with Crippen molar-refractivity contribution in [3.8, 4) is 0 Å². The molecule has 1 aromatic heterocycles. The standard InChI is InChI=1S/C23H23F2N3/c24-18-12-17-16-4-1-5-20(23(16)28-22(17)13-19(18)25)27-10-8-14-6-7-15-3-2-9-26-21(15)11-14/h6-7,11-13,26,28H,1-5,8-10H2. The molecule has 144 valence electrons. The number of benzene rings is 2. The van der Waals surface area contributed by atoms with Gasteiger partial charge in [-0.2, -0.15) is 0 Å². The summed E-state index contributed by atoms with van der Waals surface area (Å²) in [5.74, 6) is -1.61. The first-order valence-electron chi connectivity index (χ1n) is 10.1. The zero-order valence-corrected chi connectivity index (χ0v) is 15.7.